The first-order valence-corrected chi connectivity index (χ1v) is 6.86. The predicted octanol–water partition coefficient (Wildman–Crippen LogP) is 2.61. The lowest BCUT2D eigenvalue weighted by Crippen LogP contribution is -2.17. The Hall–Kier alpha value is -0.740. The maximum absolute atomic E-state index is 5.72. The summed E-state index contributed by atoms with van der Waals surface area (Å²) in [4.78, 5) is 0. The third-order valence-corrected chi connectivity index (χ3v) is 4.28. The van der Waals surface area contributed by atoms with E-state index in [-0.39, 0.29) is 0 Å². The number of fused-ring (bicyclic) bond motifs is 1. The van der Waals surface area contributed by atoms with Gasteiger partial charge in [0.25, 0.3) is 0 Å². The summed E-state index contributed by atoms with van der Waals surface area (Å²) in [6.45, 7) is 5.58. The van der Waals surface area contributed by atoms with E-state index < -0.39 is 0 Å². The van der Waals surface area contributed by atoms with Crippen LogP contribution in [-0.4, -0.2) is 26.3 Å². The van der Waals surface area contributed by atoms with Crippen LogP contribution >= 0.6 is 15.9 Å². The van der Waals surface area contributed by atoms with Crippen molar-refractivity contribution in [2.45, 2.75) is 19.3 Å². The van der Waals surface area contributed by atoms with Gasteiger partial charge in [0, 0.05) is 6.54 Å². The number of rotatable bonds is 1. The SMILES string of the molecule is Cc1cc2c(c(Br)c1C1CCNC1)OCCO2. The lowest BCUT2D eigenvalue weighted by Gasteiger charge is -2.24. The van der Waals surface area contributed by atoms with Crippen molar-refractivity contribution < 1.29 is 9.47 Å². The lowest BCUT2D eigenvalue weighted by atomic mass is 9.93. The fourth-order valence-electron chi connectivity index (χ4n) is 2.68. The Morgan fingerprint density at radius 2 is 2.18 bits per heavy atom. The van der Waals surface area contributed by atoms with E-state index in [1.54, 1.807) is 0 Å². The number of ether oxygens (including phenoxy) is 2. The molecule has 0 bridgehead atoms. The van der Waals surface area contributed by atoms with Gasteiger partial charge < -0.3 is 14.8 Å². The first kappa shape index (κ1) is 11.4. The maximum atomic E-state index is 5.72. The van der Waals surface area contributed by atoms with E-state index in [0.29, 0.717) is 19.1 Å². The number of hydrogen-bond donors (Lipinski definition) is 1. The topological polar surface area (TPSA) is 30.5 Å². The molecule has 0 amide bonds. The van der Waals surface area contributed by atoms with E-state index >= 15 is 0 Å². The van der Waals surface area contributed by atoms with Crippen molar-refractivity contribution in [2.75, 3.05) is 26.3 Å². The van der Waals surface area contributed by atoms with Crippen molar-refractivity contribution in [1.82, 2.24) is 5.32 Å². The minimum atomic E-state index is 0.584. The van der Waals surface area contributed by atoms with Crippen LogP contribution in [0.2, 0.25) is 0 Å². The molecule has 1 aromatic carbocycles. The largest absolute Gasteiger partial charge is 0.486 e. The highest BCUT2D eigenvalue weighted by molar-refractivity contribution is 9.10. The third kappa shape index (κ3) is 1.93. The zero-order valence-electron chi connectivity index (χ0n) is 9.88. The van der Waals surface area contributed by atoms with Crippen LogP contribution in [0.25, 0.3) is 0 Å². The first-order chi connectivity index (χ1) is 8.27. The number of halogens is 1. The van der Waals surface area contributed by atoms with Crippen LogP contribution in [0.4, 0.5) is 0 Å². The molecule has 92 valence electrons. The van der Waals surface area contributed by atoms with Gasteiger partial charge in [-0.2, -0.15) is 0 Å². The average molecular weight is 298 g/mol. The van der Waals surface area contributed by atoms with Gasteiger partial charge in [0.15, 0.2) is 11.5 Å². The number of hydrogen-bond acceptors (Lipinski definition) is 3. The molecule has 1 saturated heterocycles. The van der Waals surface area contributed by atoms with Crippen LogP contribution in [0, 0.1) is 6.92 Å². The summed E-state index contributed by atoms with van der Waals surface area (Å²) in [5.74, 6) is 2.33. The van der Waals surface area contributed by atoms with Gasteiger partial charge in [-0.1, -0.05) is 0 Å². The highest BCUT2D eigenvalue weighted by Crippen LogP contribution is 2.44. The molecule has 3 rings (SSSR count). The van der Waals surface area contributed by atoms with Crippen LogP contribution in [0.1, 0.15) is 23.5 Å². The molecule has 0 saturated carbocycles. The highest BCUT2D eigenvalue weighted by atomic mass is 79.9. The quantitative estimate of drug-likeness (QED) is 0.864. The van der Waals surface area contributed by atoms with Crippen molar-refractivity contribution in [3.8, 4) is 11.5 Å². The fraction of sp³-hybridized carbons (Fsp3) is 0.538. The van der Waals surface area contributed by atoms with Gasteiger partial charge in [-0.05, 0) is 58.9 Å². The summed E-state index contributed by atoms with van der Waals surface area (Å²) in [7, 11) is 0. The predicted molar refractivity (Wildman–Crippen MR) is 70.1 cm³/mol. The number of nitrogens with one attached hydrogen (secondary N) is 1. The van der Waals surface area contributed by atoms with Crippen molar-refractivity contribution in [2.24, 2.45) is 0 Å². The number of aryl methyl sites for hydroxylation is 1. The van der Waals surface area contributed by atoms with Crippen molar-refractivity contribution in [3.63, 3.8) is 0 Å². The van der Waals surface area contributed by atoms with E-state index in [1.165, 1.54) is 17.5 Å². The van der Waals surface area contributed by atoms with Gasteiger partial charge in [0.2, 0.25) is 0 Å². The molecule has 0 spiro atoms. The van der Waals surface area contributed by atoms with Crippen molar-refractivity contribution >= 4 is 15.9 Å². The van der Waals surface area contributed by atoms with E-state index in [0.717, 1.165) is 29.1 Å². The van der Waals surface area contributed by atoms with Crippen LogP contribution in [0.5, 0.6) is 11.5 Å². The van der Waals surface area contributed by atoms with Crippen molar-refractivity contribution in [1.29, 1.82) is 0 Å². The molecule has 2 aliphatic rings. The molecule has 1 fully saturated rings. The van der Waals surface area contributed by atoms with Crippen LogP contribution < -0.4 is 14.8 Å². The van der Waals surface area contributed by atoms with Gasteiger partial charge in [-0.3, -0.25) is 0 Å². The molecule has 0 radical (unpaired) electrons. The summed E-state index contributed by atoms with van der Waals surface area (Å²) in [6, 6.07) is 2.10. The summed E-state index contributed by atoms with van der Waals surface area (Å²) in [5, 5.41) is 3.41. The Bertz CT molecular complexity index is 442. The summed E-state index contributed by atoms with van der Waals surface area (Å²) in [6.07, 6.45) is 1.19. The molecule has 1 N–H and O–H groups in total. The standard InChI is InChI=1S/C13H16BrNO2/c1-8-6-10-13(17-5-4-16-10)12(14)11(8)9-2-3-15-7-9/h6,9,15H,2-5,7H2,1H3. The summed E-state index contributed by atoms with van der Waals surface area (Å²) in [5.41, 5.74) is 2.66. The first-order valence-electron chi connectivity index (χ1n) is 6.06. The van der Waals surface area contributed by atoms with E-state index in [1.807, 2.05) is 0 Å². The fourth-order valence-corrected chi connectivity index (χ4v) is 3.63. The zero-order chi connectivity index (χ0) is 11.8. The van der Waals surface area contributed by atoms with Gasteiger partial charge in [-0.25, -0.2) is 0 Å². The Morgan fingerprint density at radius 1 is 1.35 bits per heavy atom. The minimum absolute atomic E-state index is 0.584. The Labute approximate surface area is 110 Å². The Balaban J connectivity index is 2.08. The summed E-state index contributed by atoms with van der Waals surface area (Å²) >= 11 is 3.70. The molecule has 0 aromatic heterocycles. The second-order valence-corrected chi connectivity index (χ2v) is 5.43. The van der Waals surface area contributed by atoms with Gasteiger partial charge in [-0.15, -0.1) is 0 Å². The third-order valence-electron chi connectivity index (χ3n) is 3.49. The Kier molecular flexibility index (Phi) is 3.01. The van der Waals surface area contributed by atoms with Gasteiger partial charge >= 0.3 is 0 Å². The second-order valence-electron chi connectivity index (χ2n) is 4.64. The molecule has 1 aromatic rings. The molecule has 3 nitrogen and oxygen atoms in total. The normalized spacial score (nSPS) is 22.8. The monoisotopic (exact) mass is 297 g/mol. The molecular formula is C13H16BrNO2. The van der Waals surface area contributed by atoms with E-state index in [2.05, 4.69) is 34.2 Å². The average Bonchev–Trinajstić information content (AvgIpc) is 2.83. The highest BCUT2D eigenvalue weighted by Gasteiger charge is 2.26. The smallest absolute Gasteiger partial charge is 0.175 e. The van der Waals surface area contributed by atoms with Crippen molar-refractivity contribution in [3.05, 3.63) is 21.7 Å². The van der Waals surface area contributed by atoms with Crippen LogP contribution in [-0.2, 0) is 0 Å². The number of benzene rings is 1. The van der Waals surface area contributed by atoms with Crippen LogP contribution in [0.3, 0.4) is 0 Å². The van der Waals surface area contributed by atoms with E-state index in [4.69, 9.17) is 9.47 Å². The lowest BCUT2D eigenvalue weighted by molar-refractivity contribution is 0.170. The molecule has 1 unspecified atom stereocenters. The molecule has 4 heteroatoms. The van der Waals surface area contributed by atoms with E-state index in [9.17, 15) is 0 Å². The summed E-state index contributed by atoms with van der Waals surface area (Å²) < 4.78 is 12.4. The second kappa shape index (κ2) is 4.50. The maximum Gasteiger partial charge on any atom is 0.175 e. The van der Waals surface area contributed by atoms with Crippen LogP contribution in [0.15, 0.2) is 10.5 Å². The molecule has 0 aliphatic carbocycles. The molecule has 17 heavy (non-hydrogen) atoms. The molecule has 1 atom stereocenters. The minimum Gasteiger partial charge on any atom is -0.486 e. The van der Waals surface area contributed by atoms with Gasteiger partial charge in [0.05, 0.1) is 4.47 Å². The molecule has 2 aliphatic heterocycles. The van der Waals surface area contributed by atoms with Gasteiger partial charge in [0.1, 0.15) is 13.2 Å². The molecule has 2 heterocycles. The zero-order valence-corrected chi connectivity index (χ0v) is 11.5. The molecular weight excluding hydrogens is 282 g/mol. The Morgan fingerprint density at radius 3 is 2.94 bits per heavy atom.